The van der Waals surface area contributed by atoms with Crippen molar-refractivity contribution in [1.29, 1.82) is 0 Å². The molecule has 0 unspecified atom stereocenters. The van der Waals surface area contributed by atoms with Gasteiger partial charge in [0.15, 0.2) is 0 Å². The van der Waals surface area contributed by atoms with E-state index in [1.54, 1.807) is 12.3 Å². The molecule has 0 fully saturated rings. The summed E-state index contributed by atoms with van der Waals surface area (Å²) >= 11 is 3.36. The SMILES string of the molecule is Cc1cn(C(=O)C=Cc2ccc(Br)cc2)cn1. The van der Waals surface area contributed by atoms with Crippen molar-refractivity contribution >= 4 is 27.9 Å². The van der Waals surface area contributed by atoms with E-state index in [-0.39, 0.29) is 5.91 Å². The van der Waals surface area contributed by atoms with Crippen LogP contribution in [-0.4, -0.2) is 15.5 Å². The minimum absolute atomic E-state index is 0.103. The predicted molar refractivity (Wildman–Crippen MR) is 70.8 cm³/mol. The number of carbonyl (C=O) groups excluding carboxylic acids is 1. The van der Waals surface area contributed by atoms with E-state index in [0.717, 1.165) is 15.7 Å². The first kappa shape index (κ1) is 11.8. The molecule has 0 aliphatic carbocycles. The molecule has 0 saturated carbocycles. The summed E-state index contributed by atoms with van der Waals surface area (Å²) < 4.78 is 2.48. The molecule has 0 saturated heterocycles. The van der Waals surface area contributed by atoms with Gasteiger partial charge in [-0.3, -0.25) is 9.36 Å². The standard InChI is InChI=1S/C13H11BrN2O/c1-10-8-16(9-15-10)13(17)7-4-11-2-5-12(14)6-3-11/h2-9H,1H3. The van der Waals surface area contributed by atoms with Crippen molar-refractivity contribution in [3.05, 3.63) is 58.6 Å². The molecule has 4 heteroatoms. The van der Waals surface area contributed by atoms with E-state index in [2.05, 4.69) is 20.9 Å². The maximum atomic E-state index is 11.7. The minimum Gasteiger partial charge on any atom is -0.272 e. The molecular weight excluding hydrogens is 280 g/mol. The molecule has 86 valence electrons. The Morgan fingerprint density at radius 1 is 1.35 bits per heavy atom. The summed E-state index contributed by atoms with van der Waals surface area (Å²) in [4.78, 5) is 15.7. The number of hydrogen-bond acceptors (Lipinski definition) is 2. The van der Waals surface area contributed by atoms with E-state index < -0.39 is 0 Å². The molecule has 0 amide bonds. The zero-order valence-electron chi connectivity index (χ0n) is 9.30. The van der Waals surface area contributed by atoms with Crippen molar-refractivity contribution in [3.8, 4) is 0 Å². The molecular formula is C13H11BrN2O. The van der Waals surface area contributed by atoms with Gasteiger partial charge in [-0.2, -0.15) is 0 Å². The van der Waals surface area contributed by atoms with Gasteiger partial charge in [-0.15, -0.1) is 0 Å². The van der Waals surface area contributed by atoms with E-state index in [0.29, 0.717) is 0 Å². The highest BCUT2D eigenvalue weighted by Gasteiger charge is 2.00. The molecule has 0 radical (unpaired) electrons. The van der Waals surface area contributed by atoms with Crippen LogP contribution < -0.4 is 0 Å². The third kappa shape index (κ3) is 3.14. The summed E-state index contributed by atoms with van der Waals surface area (Å²) in [7, 11) is 0. The average molecular weight is 291 g/mol. The molecule has 2 rings (SSSR count). The number of aromatic nitrogens is 2. The second-order valence-electron chi connectivity index (χ2n) is 3.65. The van der Waals surface area contributed by atoms with Crippen LogP contribution in [0.5, 0.6) is 0 Å². The number of halogens is 1. The van der Waals surface area contributed by atoms with Crippen molar-refractivity contribution in [2.45, 2.75) is 6.92 Å². The summed E-state index contributed by atoms with van der Waals surface area (Å²) in [6.45, 7) is 1.85. The summed E-state index contributed by atoms with van der Waals surface area (Å²) in [5, 5.41) is 0. The first-order valence-corrected chi connectivity index (χ1v) is 5.93. The van der Waals surface area contributed by atoms with E-state index >= 15 is 0 Å². The zero-order chi connectivity index (χ0) is 12.3. The van der Waals surface area contributed by atoms with E-state index in [9.17, 15) is 4.79 Å². The van der Waals surface area contributed by atoms with Crippen molar-refractivity contribution in [2.24, 2.45) is 0 Å². The molecule has 1 aromatic heterocycles. The summed E-state index contributed by atoms with van der Waals surface area (Å²) in [6.07, 6.45) is 6.53. The van der Waals surface area contributed by atoms with Crippen molar-refractivity contribution in [2.75, 3.05) is 0 Å². The molecule has 17 heavy (non-hydrogen) atoms. The lowest BCUT2D eigenvalue weighted by molar-refractivity contribution is 0.0969. The highest BCUT2D eigenvalue weighted by atomic mass is 79.9. The Labute approximate surface area is 108 Å². The third-order valence-corrected chi connectivity index (χ3v) is 2.78. The fraction of sp³-hybridized carbons (Fsp3) is 0.0769. The van der Waals surface area contributed by atoms with Gasteiger partial charge in [0.05, 0.1) is 5.69 Å². The van der Waals surface area contributed by atoms with Crippen LogP contribution in [0.4, 0.5) is 0 Å². The largest absolute Gasteiger partial charge is 0.272 e. The smallest absolute Gasteiger partial charge is 0.255 e. The van der Waals surface area contributed by atoms with Crippen LogP contribution in [-0.2, 0) is 0 Å². The highest BCUT2D eigenvalue weighted by Crippen LogP contribution is 2.11. The monoisotopic (exact) mass is 290 g/mol. The lowest BCUT2D eigenvalue weighted by Crippen LogP contribution is -2.03. The summed E-state index contributed by atoms with van der Waals surface area (Å²) in [5.41, 5.74) is 1.81. The van der Waals surface area contributed by atoms with Gasteiger partial charge in [0.25, 0.3) is 5.91 Å². The lowest BCUT2D eigenvalue weighted by Gasteiger charge is -1.95. The first-order chi connectivity index (χ1) is 8.15. The highest BCUT2D eigenvalue weighted by molar-refractivity contribution is 9.10. The normalized spacial score (nSPS) is 10.9. The fourth-order valence-corrected chi connectivity index (χ4v) is 1.63. The molecule has 0 N–H and O–H groups in total. The van der Waals surface area contributed by atoms with Crippen LogP contribution in [0.1, 0.15) is 16.1 Å². The molecule has 1 aromatic carbocycles. The van der Waals surface area contributed by atoms with Crippen LogP contribution in [0.2, 0.25) is 0 Å². The van der Waals surface area contributed by atoms with Gasteiger partial charge in [0, 0.05) is 16.7 Å². The Bertz CT molecular complexity index is 555. The number of aryl methyl sites for hydroxylation is 1. The Morgan fingerprint density at radius 2 is 2.06 bits per heavy atom. The summed E-state index contributed by atoms with van der Waals surface area (Å²) in [6, 6.07) is 7.75. The number of benzene rings is 1. The number of hydrogen-bond donors (Lipinski definition) is 0. The van der Waals surface area contributed by atoms with E-state index in [1.165, 1.54) is 17.0 Å². The van der Waals surface area contributed by atoms with Crippen molar-refractivity contribution in [3.63, 3.8) is 0 Å². The maximum Gasteiger partial charge on any atom is 0.255 e. The van der Waals surface area contributed by atoms with Gasteiger partial charge in [-0.05, 0) is 30.7 Å². The number of allylic oxidation sites excluding steroid dienone is 1. The van der Waals surface area contributed by atoms with E-state index in [1.807, 2.05) is 31.2 Å². The number of carbonyl (C=O) groups is 1. The molecule has 0 aliphatic rings. The molecule has 0 spiro atoms. The quantitative estimate of drug-likeness (QED) is 0.796. The van der Waals surface area contributed by atoms with Crippen LogP contribution in [0, 0.1) is 6.92 Å². The zero-order valence-corrected chi connectivity index (χ0v) is 10.9. The van der Waals surface area contributed by atoms with Gasteiger partial charge in [-0.25, -0.2) is 4.98 Å². The first-order valence-electron chi connectivity index (χ1n) is 5.14. The van der Waals surface area contributed by atoms with Gasteiger partial charge in [0.2, 0.25) is 0 Å². The topological polar surface area (TPSA) is 34.9 Å². The number of rotatable bonds is 2. The number of imidazole rings is 1. The van der Waals surface area contributed by atoms with Crippen LogP contribution in [0.15, 0.2) is 47.3 Å². The molecule has 3 nitrogen and oxygen atoms in total. The Hall–Kier alpha value is -1.68. The Balaban J connectivity index is 2.10. The third-order valence-electron chi connectivity index (χ3n) is 2.25. The maximum absolute atomic E-state index is 11.7. The average Bonchev–Trinajstić information content (AvgIpc) is 2.75. The predicted octanol–water partition coefficient (Wildman–Crippen LogP) is 3.31. The molecule has 0 aliphatic heterocycles. The van der Waals surface area contributed by atoms with Gasteiger partial charge in [0.1, 0.15) is 6.33 Å². The Morgan fingerprint density at radius 3 is 2.65 bits per heavy atom. The van der Waals surface area contributed by atoms with Crippen LogP contribution in [0.3, 0.4) is 0 Å². The summed E-state index contributed by atoms with van der Waals surface area (Å²) in [5.74, 6) is -0.103. The molecule has 0 bridgehead atoms. The van der Waals surface area contributed by atoms with Crippen LogP contribution >= 0.6 is 15.9 Å². The second-order valence-corrected chi connectivity index (χ2v) is 4.56. The number of nitrogens with zero attached hydrogens (tertiary/aromatic N) is 2. The Kier molecular flexibility index (Phi) is 3.54. The van der Waals surface area contributed by atoms with Gasteiger partial charge >= 0.3 is 0 Å². The van der Waals surface area contributed by atoms with Crippen LogP contribution in [0.25, 0.3) is 6.08 Å². The fourth-order valence-electron chi connectivity index (χ4n) is 1.37. The van der Waals surface area contributed by atoms with Gasteiger partial charge < -0.3 is 0 Å². The molecule has 0 atom stereocenters. The molecule has 2 aromatic rings. The second kappa shape index (κ2) is 5.10. The van der Waals surface area contributed by atoms with Gasteiger partial charge in [-0.1, -0.05) is 28.1 Å². The van der Waals surface area contributed by atoms with Crippen molar-refractivity contribution in [1.82, 2.24) is 9.55 Å². The van der Waals surface area contributed by atoms with E-state index in [4.69, 9.17) is 0 Å². The lowest BCUT2D eigenvalue weighted by atomic mass is 10.2. The minimum atomic E-state index is -0.103. The molecule has 1 heterocycles. The van der Waals surface area contributed by atoms with Crippen molar-refractivity contribution < 1.29 is 4.79 Å².